The predicted octanol–water partition coefficient (Wildman–Crippen LogP) is 3.06. The summed E-state index contributed by atoms with van der Waals surface area (Å²) in [5, 5.41) is 19.2. The molecule has 0 aliphatic carbocycles. The van der Waals surface area contributed by atoms with Gasteiger partial charge in [0.05, 0.1) is 19.1 Å². The molecular formula is C33H41N5O10. The molecule has 48 heavy (non-hydrogen) atoms. The van der Waals surface area contributed by atoms with Gasteiger partial charge in [-0.3, -0.25) is 19.7 Å². The molecule has 1 fully saturated rings. The molecule has 1 saturated heterocycles. The van der Waals surface area contributed by atoms with Crippen LogP contribution in [0.4, 0.5) is 10.6 Å². The molecule has 5 atom stereocenters. The topological polar surface area (TPSA) is 203 Å². The third-order valence-electron chi connectivity index (χ3n) is 7.79. The third kappa shape index (κ3) is 10.2. The number of ketones is 1. The van der Waals surface area contributed by atoms with E-state index in [9.17, 15) is 29.1 Å². The number of ether oxygens (including phenoxy) is 2. The summed E-state index contributed by atoms with van der Waals surface area (Å²) < 4.78 is 21.7. The van der Waals surface area contributed by atoms with Crippen molar-refractivity contribution in [3.05, 3.63) is 65.6 Å². The van der Waals surface area contributed by atoms with E-state index in [1.807, 2.05) is 0 Å². The SMILES string of the molecule is CC1=CC(O)CC(=O)Cc2nc(co2)C(=O)N2CCCC2C(=O)OC(C(C)COC(=O)Nc2cc(C)on2)C(C)/C=C/C(=O)NCC=C1. The van der Waals surface area contributed by atoms with Gasteiger partial charge in [-0.15, -0.1) is 0 Å². The highest BCUT2D eigenvalue weighted by Crippen LogP contribution is 2.26. The van der Waals surface area contributed by atoms with Gasteiger partial charge in [0.15, 0.2) is 11.5 Å². The molecule has 4 heterocycles. The summed E-state index contributed by atoms with van der Waals surface area (Å²) in [6.45, 7) is 7.23. The van der Waals surface area contributed by atoms with Crippen LogP contribution in [0.3, 0.4) is 0 Å². The fraction of sp³-hybridized carbons (Fsp3) is 0.485. The summed E-state index contributed by atoms with van der Waals surface area (Å²) >= 11 is 0. The van der Waals surface area contributed by atoms with Crippen molar-refractivity contribution in [1.82, 2.24) is 20.4 Å². The number of carbonyl (C=O) groups excluding carboxylic acids is 5. The largest absolute Gasteiger partial charge is 0.460 e. The Balaban J connectivity index is 1.54. The van der Waals surface area contributed by atoms with Gasteiger partial charge in [-0.25, -0.2) is 14.6 Å². The highest BCUT2D eigenvalue weighted by atomic mass is 16.6. The van der Waals surface area contributed by atoms with Crippen molar-refractivity contribution in [2.75, 3.05) is 25.0 Å². The fourth-order valence-electron chi connectivity index (χ4n) is 5.42. The minimum absolute atomic E-state index is 0.0147. The van der Waals surface area contributed by atoms with Gasteiger partial charge in [0.25, 0.3) is 5.91 Å². The van der Waals surface area contributed by atoms with Crippen LogP contribution < -0.4 is 10.6 Å². The molecule has 3 amide bonds. The van der Waals surface area contributed by atoms with Crippen molar-refractivity contribution in [2.45, 2.75) is 71.6 Å². The van der Waals surface area contributed by atoms with Crippen LogP contribution in [-0.4, -0.2) is 87.8 Å². The minimum Gasteiger partial charge on any atom is -0.460 e. The number of nitrogens with zero attached hydrogens (tertiary/aromatic N) is 3. The van der Waals surface area contributed by atoms with E-state index in [2.05, 4.69) is 20.8 Å². The number of hydrogen-bond donors (Lipinski definition) is 3. The number of rotatable bonds is 4. The van der Waals surface area contributed by atoms with E-state index in [1.165, 1.54) is 23.1 Å². The lowest BCUT2D eigenvalue weighted by atomic mass is 9.93. The van der Waals surface area contributed by atoms with Crippen LogP contribution in [0.1, 0.15) is 62.2 Å². The molecule has 2 bridgehead atoms. The van der Waals surface area contributed by atoms with Crippen LogP contribution in [0, 0.1) is 18.8 Å². The second kappa shape index (κ2) is 16.7. The molecule has 2 aromatic heterocycles. The smallest absolute Gasteiger partial charge is 0.412 e. The Morgan fingerprint density at radius 3 is 2.77 bits per heavy atom. The van der Waals surface area contributed by atoms with E-state index in [0.717, 1.165) is 6.26 Å². The molecule has 2 aliphatic rings. The highest BCUT2D eigenvalue weighted by molar-refractivity contribution is 5.95. The van der Waals surface area contributed by atoms with Gasteiger partial charge in [0.1, 0.15) is 30.0 Å². The Morgan fingerprint density at radius 1 is 1.23 bits per heavy atom. The number of cyclic esters (lactones) is 1. The van der Waals surface area contributed by atoms with E-state index in [4.69, 9.17) is 18.4 Å². The van der Waals surface area contributed by atoms with Crippen LogP contribution in [0.5, 0.6) is 0 Å². The van der Waals surface area contributed by atoms with Gasteiger partial charge in [-0.1, -0.05) is 48.9 Å². The maximum absolute atomic E-state index is 13.6. The maximum Gasteiger partial charge on any atom is 0.412 e. The van der Waals surface area contributed by atoms with Crippen LogP contribution in [-0.2, 0) is 30.3 Å². The molecule has 0 radical (unpaired) electrons. The van der Waals surface area contributed by atoms with E-state index < -0.39 is 54.0 Å². The van der Waals surface area contributed by atoms with Crippen LogP contribution in [0.2, 0.25) is 0 Å². The van der Waals surface area contributed by atoms with Gasteiger partial charge in [0, 0.05) is 37.4 Å². The number of aliphatic hydroxyl groups excluding tert-OH is 1. The first-order chi connectivity index (χ1) is 22.9. The molecule has 2 aromatic rings. The average molecular weight is 668 g/mol. The zero-order valence-electron chi connectivity index (χ0n) is 27.3. The van der Waals surface area contributed by atoms with Crippen molar-refractivity contribution in [3.63, 3.8) is 0 Å². The van der Waals surface area contributed by atoms with Gasteiger partial charge < -0.3 is 33.7 Å². The molecule has 4 rings (SSSR count). The van der Waals surface area contributed by atoms with E-state index in [0.29, 0.717) is 24.2 Å². The van der Waals surface area contributed by atoms with Crippen molar-refractivity contribution in [1.29, 1.82) is 0 Å². The summed E-state index contributed by atoms with van der Waals surface area (Å²) in [4.78, 5) is 70.1. The van der Waals surface area contributed by atoms with Gasteiger partial charge >= 0.3 is 12.1 Å². The number of hydrogen-bond acceptors (Lipinski definition) is 12. The Bertz CT molecular complexity index is 1570. The number of fused-ring (bicyclic) bond motifs is 3. The van der Waals surface area contributed by atoms with E-state index in [-0.39, 0.29) is 55.7 Å². The van der Waals surface area contributed by atoms with Crippen molar-refractivity contribution >= 4 is 35.5 Å². The molecule has 2 aliphatic heterocycles. The standard InChI is InChI=1S/C33H41N5O10/c1-19-7-5-11-34-28(41)10-9-20(2)30(21(3)17-46-33(44)36-27-14-22(4)48-37-27)47-32(43)26-8-6-12-38(26)31(42)25-18-45-29(35-25)16-24(40)15-23(39)13-19/h5,7,9-10,13-14,18,20-21,23,26,30,39H,6,8,11-12,15-17H2,1-4H3,(H,34,41)(H,36,37,44)/b7-5?,10-9+,19-13?. The van der Waals surface area contributed by atoms with E-state index in [1.54, 1.807) is 45.9 Å². The zero-order chi connectivity index (χ0) is 34.8. The number of aromatic nitrogens is 2. The number of oxazole rings is 1. The molecule has 15 nitrogen and oxygen atoms in total. The Hall–Kier alpha value is -5.05. The zero-order valence-corrected chi connectivity index (χ0v) is 27.3. The van der Waals surface area contributed by atoms with Crippen LogP contribution in [0.25, 0.3) is 0 Å². The van der Waals surface area contributed by atoms with Crippen molar-refractivity contribution < 1.29 is 47.5 Å². The minimum atomic E-state index is -1.05. The summed E-state index contributed by atoms with van der Waals surface area (Å²) in [7, 11) is 0. The number of nitrogens with one attached hydrogen (secondary N) is 2. The number of aryl methyl sites for hydroxylation is 1. The van der Waals surface area contributed by atoms with Crippen LogP contribution >= 0.6 is 0 Å². The quantitative estimate of drug-likeness (QED) is 0.403. The molecule has 0 spiro atoms. The number of allylic oxidation sites excluding steroid dienone is 2. The van der Waals surface area contributed by atoms with Gasteiger partial charge in [-0.05, 0) is 32.8 Å². The molecule has 258 valence electrons. The number of amides is 3. The molecule has 0 saturated carbocycles. The Morgan fingerprint density at radius 2 is 2.02 bits per heavy atom. The van der Waals surface area contributed by atoms with E-state index >= 15 is 0 Å². The maximum atomic E-state index is 13.6. The molecule has 3 N–H and O–H groups in total. The second-order valence-electron chi connectivity index (χ2n) is 12.0. The summed E-state index contributed by atoms with van der Waals surface area (Å²) in [6, 6.07) is 0.599. The predicted molar refractivity (Wildman–Crippen MR) is 169 cm³/mol. The van der Waals surface area contributed by atoms with Crippen molar-refractivity contribution in [3.8, 4) is 0 Å². The fourth-order valence-corrected chi connectivity index (χ4v) is 5.42. The first-order valence-electron chi connectivity index (χ1n) is 15.7. The number of anilines is 1. The molecule has 5 unspecified atom stereocenters. The summed E-state index contributed by atoms with van der Waals surface area (Å²) in [6.07, 6.45) is 6.74. The van der Waals surface area contributed by atoms with Crippen molar-refractivity contribution in [2.24, 2.45) is 11.8 Å². The summed E-state index contributed by atoms with van der Waals surface area (Å²) in [5.74, 6) is -2.31. The number of aliphatic hydroxyl groups is 1. The van der Waals surface area contributed by atoms with Gasteiger partial charge in [-0.2, -0.15) is 0 Å². The highest BCUT2D eigenvalue weighted by Gasteiger charge is 2.39. The second-order valence-corrected chi connectivity index (χ2v) is 12.0. The number of Topliss-reactive ketones (excluding diaryl/α,β-unsaturated/α-hetero) is 1. The third-order valence-corrected chi connectivity index (χ3v) is 7.79. The number of carbonyl (C=O) groups is 5. The summed E-state index contributed by atoms with van der Waals surface area (Å²) in [5.41, 5.74) is 0.619. The Labute approximate surface area is 277 Å². The molecular weight excluding hydrogens is 626 g/mol. The van der Waals surface area contributed by atoms with Gasteiger partial charge in [0.2, 0.25) is 11.8 Å². The first kappa shape index (κ1) is 35.8. The lowest BCUT2D eigenvalue weighted by Gasteiger charge is -2.30. The molecule has 15 heteroatoms. The monoisotopic (exact) mass is 667 g/mol. The first-order valence-corrected chi connectivity index (χ1v) is 15.7. The van der Waals surface area contributed by atoms with Crippen LogP contribution in [0.15, 0.2) is 57.2 Å². The lowest BCUT2D eigenvalue weighted by Crippen LogP contribution is -2.44. The normalized spacial score (nSPS) is 24.6. The molecule has 0 aromatic carbocycles. The number of esters is 1. The Kier molecular flexibility index (Phi) is 12.4. The lowest BCUT2D eigenvalue weighted by molar-refractivity contribution is -0.159. The average Bonchev–Trinajstić information content (AvgIpc) is 3.80.